The molecule has 0 unspecified atom stereocenters. The fourth-order valence-corrected chi connectivity index (χ4v) is 3.81. The number of rotatable bonds is 3. The molecule has 0 bridgehead atoms. The molecule has 1 aliphatic rings. The Morgan fingerprint density at radius 2 is 2.12 bits per heavy atom. The van der Waals surface area contributed by atoms with Gasteiger partial charge in [-0.15, -0.1) is 11.8 Å². The zero-order valence-electron chi connectivity index (χ0n) is 9.08. The number of thioether (sulfide) groups is 1. The first kappa shape index (κ1) is 12.0. The van der Waals surface area contributed by atoms with Crippen LogP contribution < -0.4 is 0 Å². The summed E-state index contributed by atoms with van der Waals surface area (Å²) in [4.78, 5) is 1.26. The lowest BCUT2D eigenvalue weighted by atomic mass is 10.1. The van der Waals surface area contributed by atoms with Gasteiger partial charge in [-0.05, 0) is 52.9 Å². The number of benzene rings is 1. The van der Waals surface area contributed by atoms with E-state index in [2.05, 4.69) is 28.1 Å². The fraction of sp³-hybridized carbons (Fsp3) is 0.462. The van der Waals surface area contributed by atoms with Crippen molar-refractivity contribution in [3.63, 3.8) is 0 Å². The highest BCUT2D eigenvalue weighted by Gasteiger charge is 2.15. The Morgan fingerprint density at radius 3 is 2.75 bits per heavy atom. The van der Waals surface area contributed by atoms with Crippen molar-refractivity contribution < 1.29 is 0 Å². The first-order valence-corrected chi connectivity index (χ1v) is 7.40. The first-order valence-electron chi connectivity index (χ1n) is 5.62. The molecule has 1 fully saturated rings. The van der Waals surface area contributed by atoms with Gasteiger partial charge in [-0.1, -0.05) is 12.8 Å². The lowest BCUT2D eigenvalue weighted by Gasteiger charge is -2.08. The Hall–Kier alpha value is -0.460. The molecule has 1 saturated carbocycles. The maximum Gasteiger partial charge on any atom is 0.100 e. The molecule has 0 saturated heterocycles. The Balaban J connectivity index is 1.94. The molecule has 1 aliphatic carbocycles. The van der Waals surface area contributed by atoms with Crippen LogP contribution in [0, 0.1) is 17.2 Å². The molecule has 2 rings (SSSR count). The largest absolute Gasteiger partial charge is 0.192 e. The molecular formula is C13H14BrNS. The maximum atomic E-state index is 8.83. The van der Waals surface area contributed by atoms with Gasteiger partial charge >= 0.3 is 0 Å². The maximum absolute atomic E-state index is 8.83. The third-order valence-electron chi connectivity index (χ3n) is 3.02. The highest BCUT2D eigenvalue weighted by Crippen LogP contribution is 2.32. The predicted molar refractivity (Wildman–Crippen MR) is 71.5 cm³/mol. The van der Waals surface area contributed by atoms with Crippen molar-refractivity contribution in [2.75, 3.05) is 5.75 Å². The second kappa shape index (κ2) is 5.75. The molecule has 84 valence electrons. The Morgan fingerprint density at radius 1 is 1.38 bits per heavy atom. The van der Waals surface area contributed by atoms with Crippen LogP contribution in [0.25, 0.3) is 0 Å². The zero-order chi connectivity index (χ0) is 11.4. The van der Waals surface area contributed by atoms with E-state index < -0.39 is 0 Å². The minimum Gasteiger partial charge on any atom is -0.192 e. The molecule has 0 spiro atoms. The van der Waals surface area contributed by atoms with Crippen LogP contribution in [0.2, 0.25) is 0 Å². The van der Waals surface area contributed by atoms with Crippen molar-refractivity contribution in [3.8, 4) is 6.07 Å². The predicted octanol–water partition coefficient (Wildman–Crippen LogP) is 4.60. The molecule has 0 radical (unpaired) electrons. The summed E-state index contributed by atoms with van der Waals surface area (Å²) in [5, 5.41) is 8.83. The van der Waals surface area contributed by atoms with Crippen molar-refractivity contribution in [2.24, 2.45) is 5.92 Å². The van der Waals surface area contributed by atoms with Crippen LogP contribution in [0.3, 0.4) is 0 Å². The van der Waals surface area contributed by atoms with E-state index in [9.17, 15) is 0 Å². The summed E-state index contributed by atoms with van der Waals surface area (Å²) >= 11 is 5.34. The quantitative estimate of drug-likeness (QED) is 0.761. The van der Waals surface area contributed by atoms with E-state index >= 15 is 0 Å². The standard InChI is InChI=1S/C13H14BrNS/c14-13-7-12(6-5-11(13)8-15)16-9-10-3-1-2-4-10/h5-7,10H,1-4,9H2. The van der Waals surface area contributed by atoms with E-state index in [1.807, 2.05) is 23.9 Å². The van der Waals surface area contributed by atoms with Crippen LogP contribution >= 0.6 is 27.7 Å². The van der Waals surface area contributed by atoms with Crippen LogP contribution in [0.15, 0.2) is 27.6 Å². The van der Waals surface area contributed by atoms with E-state index in [-0.39, 0.29) is 0 Å². The third kappa shape index (κ3) is 3.02. The second-order valence-electron chi connectivity index (χ2n) is 4.21. The van der Waals surface area contributed by atoms with Crippen molar-refractivity contribution in [3.05, 3.63) is 28.2 Å². The van der Waals surface area contributed by atoms with Gasteiger partial charge in [0.1, 0.15) is 6.07 Å². The summed E-state index contributed by atoms with van der Waals surface area (Å²) in [6.07, 6.45) is 5.60. The minimum absolute atomic E-state index is 0.713. The van der Waals surface area contributed by atoms with Crippen molar-refractivity contribution in [2.45, 2.75) is 30.6 Å². The summed E-state index contributed by atoms with van der Waals surface area (Å²) < 4.78 is 0.909. The topological polar surface area (TPSA) is 23.8 Å². The van der Waals surface area contributed by atoms with Gasteiger partial charge in [0.05, 0.1) is 5.56 Å². The molecule has 0 amide bonds. The van der Waals surface area contributed by atoms with Crippen molar-refractivity contribution in [1.82, 2.24) is 0 Å². The number of halogens is 1. The van der Waals surface area contributed by atoms with E-state index in [1.54, 1.807) is 0 Å². The van der Waals surface area contributed by atoms with Gasteiger partial charge < -0.3 is 0 Å². The molecule has 16 heavy (non-hydrogen) atoms. The van der Waals surface area contributed by atoms with Crippen LogP contribution in [-0.4, -0.2) is 5.75 Å². The van der Waals surface area contributed by atoms with Crippen LogP contribution in [0.1, 0.15) is 31.2 Å². The normalized spacial score (nSPS) is 16.2. The van der Waals surface area contributed by atoms with Crippen LogP contribution in [-0.2, 0) is 0 Å². The summed E-state index contributed by atoms with van der Waals surface area (Å²) in [7, 11) is 0. The van der Waals surface area contributed by atoms with E-state index in [0.29, 0.717) is 5.56 Å². The van der Waals surface area contributed by atoms with Crippen LogP contribution in [0.4, 0.5) is 0 Å². The van der Waals surface area contributed by atoms with Gasteiger partial charge in [0.15, 0.2) is 0 Å². The summed E-state index contributed by atoms with van der Waals surface area (Å²) in [5.41, 5.74) is 0.713. The Kier molecular flexibility index (Phi) is 4.31. The van der Waals surface area contributed by atoms with Gasteiger partial charge in [-0.2, -0.15) is 5.26 Å². The first-order chi connectivity index (χ1) is 7.79. The highest BCUT2D eigenvalue weighted by atomic mass is 79.9. The molecule has 0 heterocycles. The Bertz CT molecular complexity index is 405. The van der Waals surface area contributed by atoms with Gasteiger partial charge in [0.25, 0.3) is 0 Å². The molecule has 0 aromatic heterocycles. The average molecular weight is 296 g/mol. The second-order valence-corrected chi connectivity index (χ2v) is 6.16. The minimum atomic E-state index is 0.713. The van der Waals surface area contributed by atoms with Gasteiger partial charge in [-0.3, -0.25) is 0 Å². The zero-order valence-corrected chi connectivity index (χ0v) is 11.5. The molecular weight excluding hydrogens is 282 g/mol. The third-order valence-corrected chi connectivity index (χ3v) is 4.90. The SMILES string of the molecule is N#Cc1ccc(SCC2CCCC2)cc1Br. The average Bonchev–Trinajstić information content (AvgIpc) is 2.79. The molecule has 0 N–H and O–H groups in total. The molecule has 1 nitrogen and oxygen atoms in total. The van der Waals surface area contributed by atoms with E-state index in [1.165, 1.54) is 36.3 Å². The number of hydrogen-bond donors (Lipinski definition) is 0. The lowest BCUT2D eigenvalue weighted by molar-refractivity contribution is 0.623. The fourth-order valence-electron chi connectivity index (χ4n) is 2.07. The van der Waals surface area contributed by atoms with Gasteiger partial charge in [-0.25, -0.2) is 0 Å². The summed E-state index contributed by atoms with van der Waals surface area (Å²) in [6.45, 7) is 0. The van der Waals surface area contributed by atoms with E-state index in [0.717, 1.165) is 10.4 Å². The number of nitriles is 1. The smallest absolute Gasteiger partial charge is 0.100 e. The van der Waals surface area contributed by atoms with Crippen LogP contribution in [0.5, 0.6) is 0 Å². The van der Waals surface area contributed by atoms with Crippen molar-refractivity contribution in [1.29, 1.82) is 5.26 Å². The van der Waals surface area contributed by atoms with Gasteiger partial charge in [0.2, 0.25) is 0 Å². The highest BCUT2D eigenvalue weighted by molar-refractivity contribution is 9.10. The molecule has 3 heteroatoms. The summed E-state index contributed by atoms with van der Waals surface area (Å²) in [6, 6.07) is 8.15. The van der Waals surface area contributed by atoms with Crippen molar-refractivity contribution >= 4 is 27.7 Å². The lowest BCUT2D eigenvalue weighted by Crippen LogP contribution is -1.96. The molecule has 1 aromatic carbocycles. The molecule has 0 atom stereocenters. The number of nitrogens with zero attached hydrogens (tertiary/aromatic N) is 1. The number of hydrogen-bond acceptors (Lipinski definition) is 2. The Labute approximate surface area is 109 Å². The molecule has 0 aliphatic heterocycles. The van der Waals surface area contributed by atoms with E-state index in [4.69, 9.17) is 5.26 Å². The molecule has 1 aromatic rings. The summed E-state index contributed by atoms with van der Waals surface area (Å²) in [5.74, 6) is 2.12. The van der Waals surface area contributed by atoms with Gasteiger partial charge in [0, 0.05) is 15.1 Å². The monoisotopic (exact) mass is 295 g/mol.